The molecule has 0 aromatic heterocycles. The third kappa shape index (κ3) is 10.3. The molecule has 0 saturated carbocycles. The van der Waals surface area contributed by atoms with Crippen LogP contribution >= 0.6 is 15.9 Å². The number of sulfonamides is 1. The minimum atomic E-state index is -3.55. The van der Waals surface area contributed by atoms with Crippen LogP contribution in [0.5, 0.6) is 0 Å². The molecule has 41 heavy (non-hydrogen) atoms. The van der Waals surface area contributed by atoms with Crippen molar-refractivity contribution in [1.82, 2.24) is 10.2 Å². The number of halogens is 1. The van der Waals surface area contributed by atoms with Crippen LogP contribution in [0.3, 0.4) is 0 Å². The van der Waals surface area contributed by atoms with Gasteiger partial charge in [0.15, 0.2) is 0 Å². The summed E-state index contributed by atoms with van der Waals surface area (Å²) in [5.74, 6) is -0.387. The van der Waals surface area contributed by atoms with E-state index in [2.05, 4.69) is 28.2 Å². The number of anilines is 1. The maximum absolute atomic E-state index is 13.9. The summed E-state index contributed by atoms with van der Waals surface area (Å²) in [5, 5.41) is 3.03. The summed E-state index contributed by atoms with van der Waals surface area (Å²) in [5.41, 5.74) is 3.38. The van der Waals surface area contributed by atoms with Crippen molar-refractivity contribution in [3.05, 3.63) is 100 Å². The van der Waals surface area contributed by atoms with Gasteiger partial charge in [0.2, 0.25) is 21.8 Å². The minimum absolute atomic E-state index is 0.0991. The number of benzene rings is 3. The molecule has 2 amide bonds. The zero-order chi connectivity index (χ0) is 29.8. The van der Waals surface area contributed by atoms with Crippen LogP contribution in [0.15, 0.2) is 83.3 Å². The molecule has 0 aliphatic carbocycles. The summed E-state index contributed by atoms with van der Waals surface area (Å²) in [6.07, 6.45) is 3.76. The van der Waals surface area contributed by atoms with Crippen LogP contribution in [0.25, 0.3) is 0 Å². The lowest BCUT2D eigenvalue weighted by molar-refractivity contribution is -0.141. The zero-order valence-corrected chi connectivity index (χ0v) is 26.5. The highest BCUT2D eigenvalue weighted by molar-refractivity contribution is 9.10. The van der Waals surface area contributed by atoms with Gasteiger partial charge >= 0.3 is 0 Å². The van der Waals surface area contributed by atoms with Crippen molar-refractivity contribution < 1.29 is 18.0 Å². The summed E-state index contributed by atoms with van der Waals surface area (Å²) < 4.78 is 27.5. The van der Waals surface area contributed by atoms with Gasteiger partial charge in [-0.2, -0.15) is 0 Å². The summed E-state index contributed by atoms with van der Waals surface area (Å²) >= 11 is 3.46. The monoisotopic (exact) mass is 641 g/mol. The Morgan fingerprint density at radius 2 is 1.63 bits per heavy atom. The molecular formula is C32H40BrN3O4S. The summed E-state index contributed by atoms with van der Waals surface area (Å²) in [6.45, 7) is 4.94. The molecule has 0 aliphatic rings. The van der Waals surface area contributed by atoms with E-state index in [0.29, 0.717) is 25.1 Å². The number of hydrogen-bond acceptors (Lipinski definition) is 4. The number of nitrogens with zero attached hydrogens (tertiary/aromatic N) is 2. The highest BCUT2D eigenvalue weighted by Gasteiger charge is 2.30. The highest BCUT2D eigenvalue weighted by Crippen LogP contribution is 2.21. The molecule has 0 spiro atoms. The van der Waals surface area contributed by atoms with E-state index >= 15 is 0 Å². The third-order valence-electron chi connectivity index (χ3n) is 6.81. The van der Waals surface area contributed by atoms with Crippen molar-refractivity contribution in [2.75, 3.05) is 23.7 Å². The fourth-order valence-electron chi connectivity index (χ4n) is 4.63. The van der Waals surface area contributed by atoms with Crippen molar-refractivity contribution in [2.45, 2.75) is 58.5 Å². The Labute approximate surface area is 253 Å². The maximum atomic E-state index is 13.9. The van der Waals surface area contributed by atoms with E-state index < -0.39 is 16.1 Å². The minimum Gasteiger partial charge on any atom is -0.354 e. The van der Waals surface area contributed by atoms with E-state index in [-0.39, 0.29) is 31.3 Å². The number of unbranched alkanes of at least 4 members (excludes halogenated alkanes) is 1. The van der Waals surface area contributed by atoms with Crippen LogP contribution in [0.4, 0.5) is 5.69 Å². The molecule has 0 heterocycles. The standard InChI is InChI=1S/C32H40BrN3O4S/c1-4-5-20-34-32(38)30(23-26-12-7-6-8-13-26)35(24-27-16-18-28(33)19-17-27)31(37)15-10-21-36(41(3,39)40)29-14-9-11-25(2)22-29/h6-9,11-14,16-19,22,30H,4-5,10,15,20-21,23-24H2,1-3H3,(H,34,38)/t30-/m0/s1. The fourth-order valence-corrected chi connectivity index (χ4v) is 5.86. The van der Waals surface area contributed by atoms with E-state index in [1.165, 1.54) is 10.6 Å². The molecule has 0 saturated heterocycles. The maximum Gasteiger partial charge on any atom is 0.243 e. The molecule has 3 aromatic rings. The quantitative estimate of drug-likeness (QED) is 0.211. The van der Waals surface area contributed by atoms with Gasteiger partial charge in [-0.3, -0.25) is 13.9 Å². The topological polar surface area (TPSA) is 86.8 Å². The van der Waals surface area contributed by atoms with E-state index in [1.54, 1.807) is 11.0 Å². The molecule has 0 radical (unpaired) electrons. The normalized spacial score (nSPS) is 12.0. The first kappa shape index (κ1) is 32.3. The first-order chi connectivity index (χ1) is 19.6. The van der Waals surface area contributed by atoms with Gasteiger partial charge in [-0.05, 0) is 60.7 Å². The Kier molecular flexibility index (Phi) is 12.4. The Morgan fingerprint density at radius 3 is 2.27 bits per heavy atom. The lowest BCUT2D eigenvalue weighted by Crippen LogP contribution is -2.50. The third-order valence-corrected chi connectivity index (χ3v) is 8.53. The van der Waals surface area contributed by atoms with Crippen molar-refractivity contribution in [2.24, 2.45) is 0 Å². The van der Waals surface area contributed by atoms with Gasteiger partial charge in [0, 0.05) is 36.9 Å². The predicted octanol–water partition coefficient (Wildman–Crippen LogP) is 5.86. The van der Waals surface area contributed by atoms with Gasteiger partial charge in [-0.1, -0.05) is 83.9 Å². The van der Waals surface area contributed by atoms with Crippen molar-refractivity contribution in [3.8, 4) is 0 Å². The number of nitrogens with one attached hydrogen (secondary N) is 1. The van der Waals surface area contributed by atoms with Gasteiger partial charge < -0.3 is 10.2 Å². The molecule has 1 N–H and O–H groups in total. The number of carbonyl (C=O) groups excluding carboxylic acids is 2. The summed E-state index contributed by atoms with van der Waals surface area (Å²) in [7, 11) is -3.55. The van der Waals surface area contributed by atoms with Crippen LogP contribution in [-0.4, -0.2) is 50.5 Å². The molecule has 220 valence electrons. The van der Waals surface area contributed by atoms with Gasteiger partial charge in [-0.25, -0.2) is 8.42 Å². The number of amides is 2. The molecular weight excluding hydrogens is 602 g/mol. The SMILES string of the molecule is CCCCNC(=O)[C@H](Cc1ccccc1)N(Cc1ccc(Br)cc1)C(=O)CCCN(c1cccc(C)c1)S(C)(=O)=O. The van der Waals surface area contributed by atoms with Crippen molar-refractivity contribution >= 4 is 43.5 Å². The first-order valence-corrected chi connectivity index (χ1v) is 16.6. The molecule has 3 rings (SSSR count). The zero-order valence-electron chi connectivity index (χ0n) is 24.1. The number of hydrogen-bond donors (Lipinski definition) is 1. The number of rotatable bonds is 15. The smallest absolute Gasteiger partial charge is 0.243 e. The van der Waals surface area contributed by atoms with Crippen LogP contribution in [0.2, 0.25) is 0 Å². The average molecular weight is 643 g/mol. The van der Waals surface area contributed by atoms with Crippen LogP contribution in [0.1, 0.15) is 49.3 Å². The molecule has 9 heteroatoms. The van der Waals surface area contributed by atoms with E-state index in [4.69, 9.17) is 0 Å². The van der Waals surface area contributed by atoms with E-state index in [1.807, 2.05) is 79.7 Å². The van der Waals surface area contributed by atoms with E-state index in [9.17, 15) is 18.0 Å². The second-order valence-electron chi connectivity index (χ2n) is 10.3. The van der Waals surface area contributed by atoms with Crippen LogP contribution < -0.4 is 9.62 Å². The Balaban J connectivity index is 1.86. The van der Waals surface area contributed by atoms with Gasteiger partial charge in [0.25, 0.3) is 0 Å². The lowest BCUT2D eigenvalue weighted by Gasteiger charge is -2.32. The van der Waals surface area contributed by atoms with Gasteiger partial charge in [0.1, 0.15) is 6.04 Å². The number of aryl methyl sites for hydroxylation is 1. The van der Waals surface area contributed by atoms with Crippen molar-refractivity contribution in [3.63, 3.8) is 0 Å². The second kappa shape index (κ2) is 15.7. The first-order valence-electron chi connectivity index (χ1n) is 14.0. The molecule has 1 atom stereocenters. The Hall–Kier alpha value is -3.17. The Bertz CT molecular complexity index is 1380. The van der Waals surface area contributed by atoms with Crippen LogP contribution in [-0.2, 0) is 32.6 Å². The van der Waals surface area contributed by atoms with Crippen molar-refractivity contribution in [1.29, 1.82) is 0 Å². The lowest BCUT2D eigenvalue weighted by atomic mass is 10.0. The molecule has 0 bridgehead atoms. The molecule has 0 unspecified atom stereocenters. The molecule has 0 fully saturated rings. The fraction of sp³-hybridized carbons (Fsp3) is 0.375. The molecule has 7 nitrogen and oxygen atoms in total. The predicted molar refractivity (Wildman–Crippen MR) is 169 cm³/mol. The Morgan fingerprint density at radius 1 is 0.927 bits per heavy atom. The van der Waals surface area contributed by atoms with E-state index in [0.717, 1.165) is 34.0 Å². The van der Waals surface area contributed by atoms with Crippen LogP contribution in [0, 0.1) is 6.92 Å². The molecule has 0 aliphatic heterocycles. The summed E-state index contributed by atoms with van der Waals surface area (Å²) in [4.78, 5) is 29.1. The average Bonchev–Trinajstić information content (AvgIpc) is 2.94. The molecule has 3 aromatic carbocycles. The summed E-state index contributed by atoms with van der Waals surface area (Å²) in [6, 6.07) is 24.0. The largest absolute Gasteiger partial charge is 0.354 e. The number of carbonyl (C=O) groups is 2. The van der Waals surface area contributed by atoms with Gasteiger partial charge in [0.05, 0.1) is 11.9 Å². The van der Waals surface area contributed by atoms with Gasteiger partial charge in [-0.15, -0.1) is 0 Å². The highest BCUT2D eigenvalue weighted by atomic mass is 79.9. The second-order valence-corrected chi connectivity index (χ2v) is 13.1.